The first-order valence-corrected chi connectivity index (χ1v) is 3.51. The van der Waals surface area contributed by atoms with E-state index in [9.17, 15) is 0 Å². The molecule has 0 saturated carbocycles. The van der Waals surface area contributed by atoms with Crippen LogP contribution in [0.1, 0.15) is 20.3 Å². The third-order valence-electron chi connectivity index (χ3n) is 1.91. The summed E-state index contributed by atoms with van der Waals surface area (Å²) in [5, 5.41) is 0. The van der Waals surface area contributed by atoms with Crippen molar-refractivity contribution in [1.29, 1.82) is 0 Å². The van der Waals surface area contributed by atoms with Crippen molar-refractivity contribution in [3.05, 3.63) is 35.1 Å². The second kappa shape index (κ2) is 2.74. The molecule has 10 heavy (non-hydrogen) atoms. The molecule has 1 rings (SSSR count). The Kier molecular flexibility index (Phi) is 1.95. The van der Waals surface area contributed by atoms with Gasteiger partial charge >= 0.3 is 0 Å². The van der Waals surface area contributed by atoms with Crippen molar-refractivity contribution in [3.63, 3.8) is 0 Å². The van der Waals surface area contributed by atoms with E-state index in [-0.39, 0.29) is 0 Å². The Balaban J connectivity index is 3.00. The summed E-state index contributed by atoms with van der Waals surface area (Å²) in [5.41, 5.74) is 9.21. The molecule has 0 aromatic rings. The summed E-state index contributed by atoms with van der Waals surface area (Å²) in [6.07, 6.45) is 7.11. The molecule has 0 saturated heterocycles. The zero-order chi connectivity index (χ0) is 7.56. The van der Waals surface area contributed by atoms with Gasteiger partial charge in [-0.25, -0.2) is 0 Å². The molecule has 2 N–H and O–H groups in total. The van der Waals surface area contributed by atoms with Gasteiger partial charge in [0.1, 0.15) is 0 Å². The smallest absolute Gasteiger partial charge is 0.0343 e. The number of allylic oxidation sites excluding steroid dienone is 5. The predicted molar refractivity (Wildman–Crippen MR) is 44.4 cm³/mol. The van der Waals surface area contributed by atoms with Crippen LogP contribution in [-0.4, -0.2) is 0 Å². The second-order valence-electron chi connectivity index (χ2n) is 2.66. The lowest BCUT2D eigenvalue weighted by Crippen LogP contribution is -1.98. The van der Waals surface area contributed by atoms with Crippen molar-refractivity contribution in [2.75, 3.05) is 0 Å². The predicted octanol–water partition coefficient (Wildman–Crippen LogP) is 2.13. The van der Waals surface area contributed by atoms with E-state index in [2.05, 4.69) is 19.9 Å². The maximum Gasteiger partial charge on any atom is 0.0343 e. The van der Waals surface area contributed by atoms with Crippen LogP contribution in [-0.2, 0) is 0 Å². The SMILES string of the molecule is CC1=C(C)C(N)=CC=CC1. The normalized spacial score (nSPS) is 18.8. The summed E-state index contributed by atoms with van der Waals surface area (Å²) in [4.78, 5) is 0. The third-order valence-corrected chi connectivity index (χ3v) is 1.91. The molecule has 0 aliphatic heterocycles. The van der Waals surface area contributed by atoms with Crippen LogP contribution < -0.4 is 5.73 Å². The number of rotatable bonds is 0. The molecule has 0 unspecified atom stereocenters. The van der Waals surface area contributed by atoms with Gasteiger partial charge in [-0.15, -0.1) is 0 Å². The highest BCUT2D eigenvalue weighted by atomic mass is 14.6. The van der Waals surface area contributed by atoms with Crippen LogP contribution in [0, 0.1) is 0 Å². The lowest BCUT2D eigenvalue weighted by atomic mass is 10.1. The fraction of sp³-hybridized carbons (Fsp3) is 0.333. The van der Waals surface area contributed by atoms with Crippen LogP contribution in [0.5, 0.6) is 0 Å². The zero-order valence-corrected chi connectivity index (χ0v) is 6.52. The molecule has 0 atom stereocenters. The zero-order valence-electron chi connectivity index (χ0n) is 6.52. The van der Waals surface area contributed by atoms with E-state index in [0.717, 1.165) is 12.1 Å². The summed E-state index contributed by atoms with van der Waals surface area (Å²) < 4.78 is 0. The van der Waals surface area contributed by atoms with Crippen LogP contribution in [0.3, 0.4) is 0 Å². The first kappa shape index (κ1) is 7.13. The summed E-state index contributed by atoms with van der Waals surface area (Å²) in [7, 11) is 0. The van der Waals surface area contributed by atoms with Crippen molar-refractivity contribution in [2.45, 2.75) is 20.3 Å². The van der Waals surface area contributed by atoms with Gasteiger partial charge in [0, 0.05) is 5.70 Å². The van der Waals surface area contributed by atoms with E-state index >= 15 is 0 Å². The van der Waals surface area contributed by atoms with Crippen molar-refractivity contribution in [2.24, 2.45) is 5.73 Å². The van der Waals surface area contributed by atoms with Gasteiger partial charge in [-0.3, -0.25) is 0 Å². The highest BCUT2D eigenvalue weighted by molar-refractivity contribution is 5.36. The van der Waals surface area contributed by atoms with Gasteiger partial charge in [-0.1, -0.05) is 17.7 Å². The van der Waals surface area contributed by atoms with E-state index in [1.165, 1.54) is 11.1 Å². The first-order valence-electron chi connectivity index (χ1n) is 3.51. The monoisotopic (exact) mass is 135 g/mol. The first-order chi connectivity index (χ1) is 4.72. The maximum absolute atomic E-state index is 5.72. The fourth-order valence-corrected chi connectivity index (χ4v) is 0.941. The molecular weight excluding hydrogens is 122 g/mol. The quantitative estimate of drug-likeness (QED) is 0.541. The molecule has 0 bridgehead atoms. The molecule has 0 spiro atoms. The lowest BCUT2D eigenvalue weighted by Gasteiger charge is -2.02. The second-order valence-corrected chi connectivity index (χ2v) is 2.66. The molecule has 0 fully saturated rings. The average molecular weight is 135 g/mol. The molecular formula is C9H13N. The molecule has 0 radical (unpaired) electrons. The van der Waals surface area contributed by atoms with Gasteiger partial charge in [-0.2, -0.15) is 0 Å². The van der Waals surface area contributed by atoms with Gasteiger partial charge in [-0.05, 0) is 31.9 Å². The van der Waals surface area contributed by atoms with Crippen molar-refractivity contribution < 1.29 is 0 Å². The molecule has 0 aromatic heterocycles. The van der Waals surface area contributed by atoms with Gasteiger partial charge in [0.2, 0.25) is 0 Å². The minimum absolute atomic E-state index is 0.895. The summed E-state index contributed by atoms with van der Waals surface area (Å²) >= 11 is 0. The molecule has 0 aromatic carbocycles. The van der Waals surface area contributed by atoms with Crippen molar-refractivity contribution in [1.82, 2.24) is 0 Å². The van der Waals surface area contributed by atoms with E-state index < -0.39 is 0 Å². The lowest BCUT2D eigenvalue weighted by molar-refractivity contribution is 1.14. The van der Waals surface area contributed by atoms with Crippen molar-refractivity contribution >= 4 is 0 Å². The Morgan fingerprint density at radius 3 is 2.80 bits per heavy atom. The van der Waals surface area contributed by atoms with Gasteiger partial charge in [0.15, 0.2) is 0 Å². The van der Waals surface area contributed by atoms with Crippen molar-refractivity contribution in [3.8, 4) is 0 Å². The van der Waals surface area contributed by atoms with Crippen LogP contribution in [0.2, 0.25) is 0 Å². The Bertz CT molecular complexity index is 213. The van der Waals surface area contributed by atoms with Gasteiger partial charge in [0.25, 0.3) is 0 Å². The standard InChI is InChI=1S/C9H13N/c1-7-5-3-4-6-9(10)8(7)2/h3-4,6H,5,10H2,1-2H3. The topological polar surface area (TPSA) is 26.0 Å². The van der Waals surface area contributed by atoms with E-state index in [0.29, 0.717) is 0 Å². The van der Waals surface area contributed by atoms with E-state index in [1.807, 2.05) is 12.2 Å². The Morgan fingerprint density at radius 2 is 2.10 bits per heavy atom. The molecule has 54 valence electrons. The number of hydrogen-bond acceptors (Lipinski definition) is 1. The summed E-state index contributed by atoms with van der Waals surface area (Å²) in [5.74, 6) is 0. The molecule has 1 nitrogen and oxygen atoms in total. The average Bonchev–Trinajstić information content (AvgIpc) is 2.04. The Hall–Kier alpha value is -0.980. The van der Waals surface area contributed by atoms with E-state index in [1.54, 1.807) is 0 Å². The minimum atomic E-state index is 0.895. The number of hydrogen-bond donors (Lipinski definition) is 1. The van der Waals surface area contributed by atoms with Crippen LogP contribution in [0.25, 0.3) is 0 Å². The van der Waals surface area contributed by atoms with E-state index in [4.69, 9.17) is 5.73 Å². The minimum Gasteiger partial charge on any atom is -0.399 e. The molecule has 1 aliphatic rings. The van der Waals surface area contributed by atoms with Crippen LogP contribution in [0.4, 0.5) is 0 Å². The third kappa shape index (κ3) is 1.29. The molecule has 0 heterocycles. The summed E-state index contributed by atoms with van der Waals surface area (Å²) in [6, 6.07) is 0. The maximum atomic E-state index is 5.72. The molecule has 1 aliphatic carbocycles. The highest BCUT2D eigenvalue weighted by Gasteiger charge is 1.99. The van der Waals surface area contributed by atoms with Crippen LogP contribution in [0.15, 0.2) is 35.1 Å². The largest absolute Gasteiger partial charge is 0.399 e. The number of nitrogens with two attached hydrogens (primary N) is 1. The molecule has 0 amide bonds. The van der Waals surface area contributed by atoms with Gasteiger partial charge < -0.3 is 5.73 Å². The highest BCUT2D eigenvalue weighted by Crippen LogP contribution is 2.16. The molecule has 1 heteroatoms. The Morgan fingerprint density at radius 1 is 1.40 bits per heavy atom. The fourth-order valence-electron chi connectivity index (χ4n) is 0.941. The van der Waals surface area contributed by atoms with Gasteiger partial charge in [0.05, 0.1) is 0 Å². The summed E-state index contributed by atoms with van der Waals surface area (Å²) in [6.45, 7) is 4.18. The Labute approximate surface area is 61.9 Å². The van der Waals surface area contributed by atoms with Crippen LogP contribution >= 0.6 is 0 Å².